The van der Waals surface area contributed by atoms with Gasteiger partial charge in [0.2, 0.25) is 0 Å². The Hall–Kier alpha value is -0.301. The van der Waals surface area contributed by atoms with Gasteiger partial charge in [-0.2, -0.15) is 0 Å². The van der Waals surface area contributed by atoms with Crippen LogP contribution in [0, 0.1) is 0 Å². The molecule has 1 aromatic carbocycles. The average Bonchev–Trinajstić information content (AvgIpc) is 1.89. The van der Waals surface area contributed by atoms with Gasteiger partial charge in [0.25, 0.3) is 0 Å². The maximum absolute atomic E-state index is 10.1. The smallest absolute Gasteiger partial charge is 0.151 e. The van der Waals surface area contributed by atoms with E-state index in [0.717, 1.165) is 6.29 Å². The predicted molar refractivity (Wildman–Crippen MR) is 36.8 cm³/mol. The summed E-state index contributed by atoms with van der Waals surface area (Å²) in [6, 6.07) is 6.92. The first-order chi connectivity index (χ1) is 4.34. The SMILES string of the molecule is O=Cc1ccccc1Cl.[Cu]. The van der Waals surface area contributed by atoms with Gasteiger partial charge in [-0.15, -0.1) is 0 Å². The van der Waals surface area contributed by atoms with Crippen molar-refractivity contribution < 1.29 is 21.9 Å². The number of rotatable bonds is 1. The summed E-state index contributed by atoms with van der Waals surface area (Å²) in [6.07, 6.45) is 0.738. The second kappa shape index (κ2) is 4.50. The molecule has 1 radical (unpaired) electrons. The van der Waals surface area contributed by atoms with Crippen LogP contribution >= 0.6 is 11.6 Å². The molecule has 0 spiro atoms. The minimum Gasteiger partial charge on any atom is -0.298 e. The van der Waals surface area contributed by atoms with E-state index < -0.39 is 0 Å². The van der Waals surface area contributed by atoms with Crippen LogP contribution < -0.4 is 0 Å². The molecule has 10 heavy (non-hydrogen) atoms. The fourth-order valence-electron chi connectivity index (χ4n) is 0.571. The van der Waals surface area contributed by atoms with Crippen LogP contribution in [0.1, 0.15) is 10.4 Å². The summed E-state index contributed by atoms with van der Waals surface area (Å²) < 4.78 is 0. The maximum atomic E-state index is 10.1. The van der Waals surface area contributed by atoms with Gasteiger partial charge in [0.1, 0.15) is 0 Å². The van der Waals surface area contributed by atoms with E-state index in [2.05, 4.69) is 0 Å². The van der Waals surface area contributed by atoms with E-state index in [0.29, 0.717) is 10.6 Å². The van der Waals surface area contributed by atoms with Gasteiger partial charge in [-0.25, -0.2) is 0 Å². The van der Waals surface area contributed by atoms with Crippen molar-refractivity contribution >= 4 is 17.9 Å². The van der Waals surface area contributed by atoms with Gasteiger partial charge in [0, 0.05) is 22.6 Å². The van der Waals surface area contributed by atoms with Crippen molar-refractivity contribution in [2.45, 2.75) is 0 Å². The maximum Gasteiger partial charge on any atom is 0.151 e. The molecule has 0 N–H and O–H groups in total. The van der Waals surface area contributed by atoms with Crippen molar-refractivity contribution in [2.75, 3.05) is 0 Å². The number of carbonyl (C=O) groups is 1. The summed E-state index contributed by atoms with van der Waals surface area (Å²) >= 11 is 5.59. The summed E-state index contributed by atoms with van der Waals surface area (Å²) in [7, 11) is 0. The summed E-state index contributed by atoms with van der Waals surface area (Å²) in [5, 5.41) is 0.507. The molecule has 0 aliphatic rings. The standard InChI is InChI=1S/C7H5ClO.Cu/c8-7-4-2-1-3-6(7)5-9;/h1-5H;. The van der Waals surface area contributed by atoms with E-state index >= 15 is 0 Å². The van der Waals surface area contributed by atoms with Crippen LogP contribution in [-0.2, 0) is 17.1 Å². The van der Waals surface area contributed by atoms with Crippen molar-refractivity contribution in [2.24, 2.45) is 0 Å². The van der Waals surface area contributed by atoms with E-state index in [9.17, 15) is 4.79 Å². The molecule has 3 heteroatoms. The second-order valence-corrected chi connectivity index (χ2v) is 2.05. The molecule has 0 aromatic heterocycles. The van der Waals surface area contributed by atoms with E-state index in [4.69, 9.17) is 11.6 Å². The Balaban J connectivity index is 0.000000810. The van der Waals surface area contributed by atoms with Crippen LogP contribution in [0.15, 0.2) is 24.3 Å². The number of carbonyl (C=O) groups excluding carboxylic acids is 1. The van der Waals surface area contributed by atoms with Crippen molar-refractivity contribution in [3.8, 4) is 0 Å². The van der Waals surface area contributed by atoms with Crippen molar-refractivity contribution in [1.82, 2.24) is 0 Å². The Bertz CT molecular complexity index is 225. The van der Waals surface area contributed by atoms with Gasteiger partial charge in [0.15, 0.2) is 6.29 Å². The van der Waals surface area contributed by atoms with Gasteiger partial charge >= 0.3 is 0 Å². The first-order valence-electron chi connectivity index (χ1n) is 2.54. The molecule has 0 saturated heterocycles. The molecule has 0 amide bonds. The van der Waals surface area contributed by atoms with Crippen LogP contribution in [0.25, 0.3) is 0 Å². The number of benzene rings is 1. The molecule has 1 rings (SSSR count). The fourth-order valence-corrected chi connectivity index (χ4v) is 0.751. The largest absolute Gasteiger partial charge is 0.298 e. The molecular formula is C7H5ClCuO. The molecule has 0 heterocycles. The normalized spacial score (nSPS) is 8.10. The molecule has 0 aliphatic heterocycles. The van der Waals surface area contributed by atoms with Gasteiger partial charge < -0.3 is 0 Å². The molecule has 1 nitrogen and oxygen atoms in total. The Morgan fingerprint density at radius 1 is 1.30 bits per heavy atom. The molecule has 0 atom stereocenters. The van der Waals surface area contributed by atoms with Crippen molar-refractivity contribution in [3.63, 3.8) is 0 Å². The van der Waals surface area contributed by atoms with E-state index in [1.54, 1.807) is 24.3 Å². The molecule has 0 aliphatic carbocycles. The first-order valence-corrected chi connectivity index (χ1v) is 2.92. The molecule has 1 aromatic rings. The third kappa shape index (κ3) is 2.14. The zero-order chi connectivity index (χ0) is 6.69. The number of hydrogen-bond acceptors (Lipinski definition) is 1. The monoisotopic (exact) mass is 203 g/mol. The first kappa shape index (κ1) is 9.70. The minimum atomic E-state index is 0. The number of hydrogen-bond donors (Lipinski definition) is 0. The molecular weight excluding hydrogens is 199 g/mol. The number of halogens is 1. The summed E-state index contributed by atoms with van der Waals surface area (Å²) in [5.41, 5.74) is 0.541. The molecule has 0 fully saturated rings. The Kier molecular flexibility index (Phi) is 4.37. The Morgan fingerprint density at radius 3 is 2.30 bits per heavy atom. The van der Waals surface area contributed by atoms with Crippen molar-refractivity contribution in [3.05, 3.63) is 34.9 Å². The average molecular weight is 204 g/mol. The predicted octanol–water partition coefficient (Wildman–Crippen LogP) is 2.15. The quantitative estimate of drug-likeness (QED) is 0.506. The van der Waals surface area contributed by atoms with Gasteiger partial charge in [-0.3, -0.25) is 4.79 Å². The minimum absolute atomic E-state index is 0. The zero-order valence-electron chi connectivity index (χ0n) is 4.97. The zero-order valence-corrected chi connectivity index (χ0v) is 6.67. The van der Waals surface area contributed by atoms with Gasteiger partial charge in [0.05, 0.1) is 5.02 Å². The van der Waals surface area contributed by atoms with Crippen LogP contribution in [0.5, 0.6) is 0 Å². The third-order valence-corrected chi connectivity index (χ3v) is 1.38. The summed E-state index contributed by atoms with van der Waals surface area (Å²) in [4.78, 5) is 10.1. The van der Waals surface area contributed by atoms with Crippen LogP contribution in [0.3, 0.4) is 0 Å². The number of aldehydes is 1. The Morgan fingerprint density at radius 2 is 1.90 bits per heavy atom. The van der Waals surface area contributed by atoms with Gasteiger partial charge in [-0.05, 0) is 6.07 Å². The topological polar surface area (TPSA) is 17.1 Å². The van der Waals surface area contributed by atoms with E-state index in [1.807, 2.05) is 0 Å². The molecule has 0 unspecified atom stereocenters. The second-order valence-electron chi connectivity index (χ2n) is 1.64. The van der Waals surface area contributed by atoms with Gasteiger partial charge in [-0.1, -0.05) is 29.8 Å². The van der Waals surface area contributed by atoms with Crippen molar-refractivity contribution in [1.29, 1.82) is 0 Å². The Labute approximate surface area is 74.9 Å². The van der Waals surface area contributed by atoms with Crippen LogP contribution in [-0.4, -0.2) is 6.29 Å². The third-order valence-electron chi connectivity index (χ3n) is 1.03. The van der Waals surface area contributed by atoms with E-state index in [-0.39, 0.29) is 17.1 Å². The molecule has 57 valence electrons. The summed E-state index contributed by atoms with van der Waals surface area (Å²) in [5.74, 6) is 0. The van der Waals surface area contributed by atoms with Crippen LogP contribution in [0.4, 0.5) is 0 Å². The molecule has 0 saturated carbocycles. The fraction of sp³-hybridized carbons (Fsp3) is 0. The van der Waals surface area contributed by atoms with Crippen LogP contribution in [0.2, 0.25) is 5.02 Å². The van der Waals surface area contributed by atoms with E-state index in [1.165, 1.54) is 0 Å². The summed E-state index contributed by atoms with van der Waals surface area (Å²) in [6.45, 7) is 0. The molecule has 0 bridgehead atoms.